The molecule has 96 valence electrons. The highest BCUT2D eigenvalue weighted by Crippen LogP contribution is 2.27. The molecule has 3 nitrogen and oxygen atoms in total. The molecule has 0 atom stereocenters. The summed E-state index contributed by atoms with van der Waals surface area (Å²) in [6, 6.07) is 4.01. The number of rotatable bonds is 6. The zero-order valence-corrected chi connectivity index (χ0v) is 11.9. The van der Waals surface area contributed by atoms with Crippen LogP contribution in [0.25, 0.3) is 9.88 Å². The van der Waals surface area contributed by atoms with Crippen LogP contribution in [0, 0.1) is 0 Å². The van der Waals surface area contributed by atoms with E-state index in [-0.39, 0.29) is 5.91 Å². The van der Waals surface area contributed by atoms with Crippen molar-refractivity contribution in [2.45, 2.75) is 26.2 Å². The van der Waals surface area contributed by atoms with Crippen LogP contribution in [-0.2, 0) is 0 Å². The Kier molecular flexibility index (Phi) is 4.90. The Morgan fingerprint density at radius 1 is 1.39 bits per heavy atom. The zero-order valence-electron chi connectivity index (χ0n) is 10.3. The average Bonchev–Trinajstić information content (AvgIpc) is 3.03. The molecule has 0 saturated heterocycles. The number of nitrogens with one attached hydrogen (secondary N) is 1. The van der Waals surface area contributed by atoms with Gasteiger partial charge in [-0.05, 0) is 17.9 Å². The summed E-state index contributed by atoms with van der Waals surface area (Å²) in [5, 5.41) is 7.66. The Balaban J connectivity index is 1.91. The Morgan fingerprint density at radius 2 is 2.28 bits per heavy atom. The maximum absolute atomic E-state index is 11.8. The smallest absolute Gasteiger partial charge is 0.270 e. The molecule has 2 aromatic heterocycles. The van der Waals surface area contributed by atoms with E-state index in [1.165, 1.54) is 11.3 Å². The second kappa shape index (κ2) is 6.66. The van der Waals surface area contributed by atoms with E-state index < -0.39 is 0 Å². The van der Waals surface area contributed by atoms with Crippen LogP contribution in [0.4, 0.5) is 0 Å². The van der Waals surface area contributed by atoms with Crippen molar-refractivity contribution in [3.05, 3.63) is 28.6 Å². The molecule has 0 radical (unpaired) electrons. The van der Waals surface area contributed by atoms with Crippen molar-refractivity contribution < 1.29 is 4.79 Å². The molecule has 0 aliphatic heterocycles. The number of hydrogen-bond acceptors (Lipinski definition) is 4. The fourth-order valence-corrected chi connectivity index (χ4v) is 3.17. The third-order valence-corrected chi connectivity index (χ3v) is 4.42. The molecular formula is C13H16N2OS2. The van der Waals surface area contributed by atoms with Crippen LogP contribution in [0.5, 0.6) is 0 Å². The van der Waals surface area contributed by atoms with Gasteiger partial charge in [-0.2, -0.15) is 0 Å². The number of aromatic nitrogens is 1. The van der Waals surface area contributed by atoms with E-state index in [4.69, 9.17) is 0 Å². The normalized spacial score (nSPS) is 10.5. The van der Waals surface area contributed by atoms with Gasteiger partial charge in [0.25, 0.3) is 5.91 Å². The first kappa shape index (κ1) is 13.2. The Morgan fingerprint density at radius 3 is 3.00 bits per heavy atom. The number of nitrogens with zero attached hydrogens (tertiary/aromatic N) is 1. The predicted octanol–water partition coefficient (Wildman–Crippen LogP) is 3.79. The molecule has 1 N–H and O–H groups in total. The van der Waals surface area contributed by atoms with Crippen LogP contribution in [-0.4, -0.2) is 17.4 Å². The van der Waals surface area contributed by atoms with E-state index in [1.807, 2.05) is 22.9 Å². The average molecular weight is 280 g/mol. The molecule has 0 spiro atoms. The summed E-state index contributed by atoms with van der Waals surface area (Å²) in [6.07, 6.45) is 3.34. The Bertz CT molecular complexity index is 491. The van der Waals surface area contributed by atoms with Crippen LogP contribution in [0.3, 0.4) is 0 Å². The molecule has 0 aliphatic carbocycles. The van der Waals surface area contributed by atoms with E-state index in [9.17, 15) is 4.79 Å². The lowest BCUT2D eigenvalue weighted by atomic mass is 10.2. The minimum Gasteiger partial charge on any atom is -0.351 e. The van der Waals surface area contributed by atoms with Crippen molar-refractivity contribution in [1.29, 1.82) is 0 Å². The minimum atomic E-state index is -0.0647. The maximum Gasteiger partial charge on any atom is 0.270 e. The van der Waals surface area contributed by atoms with Crippen molar-refractivity contribution in [2.75, 3.05) is 6.54 Å². The largest absolute Gasteiger partial charge is 0.351 e. The summed E-state index contributed by atoms with van der Waals surface area (Å²) in [7, 11) is 0. The molecule has 5 heteroatoms. The molecule has 2 rings (SSSR count). The summed E-state index contributed by atoms with van der Waals surface area (Å²) < 4.78 is 0. The second-order valence-corrected chi connectivity index (χ2v) is 5.78. The van der Waals surface area contributed by atoms with Crippen LogP contribution in [0.15, 0.2) is 22.9 Å². The molecular weight excluding hydrogens is 264 g/mol. The SMILES string of the molecule is CCCCCNC(=O)c1csc(-c2cccs2)n1. The number of hydrogen-bond donors (Lipinski definition) is 1. The maximum atomic E-state index is 11.8. The van der Waals surface area contributed by atoms with Gasteiger partial charge < -0.3 is 5.32 Å². The summed E-state index contributed by atoms with van der Waals surface area (Å²) in [6.45, 7) is 2.88. The number of thiazole rings is 1. The van der Waals surface area contributed by atoms with Gasteiger partial charge in [-0.1, -0.05) is 25.8 Å². The van der Waals surface area contributed by atoms with E-state index in [0.717, 1.165) is 35.7 Å². The van der Waals surface area contributed by atoms with Crippen molar-refractivity contribution >= 4 is 28.6 Å². The fourth-order valence-electron chi connectivity index (χ4n) is 1.56. The highest BCUT2D eigenvalue weighted by molar-refractivity contribution is 7.20. The van der Waals surface area contributed by atoms with Gasteiger partial charge in [0.2, 0.25) is 0 Å². The third kappa shape index (κ3) is 3.40. The van der Waals surface area contributed by atoms with Gasteiger partial charge in [-0.25, -0.2) is 4.98 Å². The Labute approximate surface area is 115 Å². The Hall–Kier alpha value is -1.20. The van der Waals surface area contributed by atoms with Crippen molar-refractivity contribution in [3.8, 4) is 9.88 Å². The number of amides is 1. The molecule has 0 aromatic carbocycles. The van der Waals surface area contributed by atoms with E-state index in [2.05, 4.69) is 17.2 Å². The van der Waals surface area contributed by atoms with Crippen LogP contribution in [0.1, 0.15) is 36.7 Å². The second-order valence-electron chi connectivity index (χ2n) is 3.98. The van der Waals surface area contributed by atoms with Crippen LogP contribution < -0.4 is 5.32 Å². The van der Waals surface area contributed by atoms with Crippen molar-refractivity contribution in [1.82, 2.24) is 10.3 Å². The molecule has 2 heterocycles. The highest BCUT2D eigenvalue weighted by atomic mass is 32.1. The summed E-state index contributed by atoms with van der Waals surface area (Å²) in [5.74, 6) is -0.0647. The summed E-state index contributed by atoms with van der Waals surface area (Å²) >= 11 is 3.16. The lowest BCUT2D eigenvalue weighted by Gasteiger charge is -2.01. The van der Waals surface area contributed by atoms with Crippen LogP contribution in [0.2, 0.25) is 0 Å². The number of unbranched alkanes of at least 4 members (excludes halogenated alkanes) is 2. The molecule has 0 aliphatic rings. The molecule has 1 amide bonds. The predicted molar refractivity (Wildman–Crippen MR) is 77.3 cm³/mol. The lowest BCUT2D eigenvalue weighted by Crippen LogP contribution is -2.24. The van der Waals surface area contributed by atoms with Gasteiger partial charge in [0.05, 0.1) is 4.88 Å². The summed E-state index contributed by atoms with van der Waals surface area (Å²) in [5.41, 5.74) is 0.528. The summed E-state index contributed by atoms with van der Waals surface area (Å²) in [4.78, 5) is 17.3. The van der Waals surface area contributed by atoms with Crippen molar-refractivity contribution in [2.24, 2.45) is 0 Å². The molecule has 0 saturated carbocycles. The topological polar surface area (TPSA) is 42.0 Å². The minimum absolute atomic E-state index is 0.0647. The van der Waals surface area contributed by atoms with Gasteiger partial charge in [0, 0.05) is 11.9 Å². The lowest BCUT2D eigenvalue weighted by molar-refractivity contribution is 0.0949. The molecule has 0 bridgehead atoms. The monoisotopic (exact) mass is 280 g/mol. The molecule has 0 fully saturated rings. The van der Waals surface area contributed by atoms with Gasteiger partial charge in [0.1, 0.15) is 10.7 Å². The van der Waals surface area contributed by atoms with Gasteiger partial charge in [-0.3, -0.25) is 4.79 Å². The van der Waals surface area contributed by atoms with Crippen molar-refractivity contribution in [3.63, 3.8) is 0 Å². The third-order valence-electron chi connectivity index (χ3n) is 2.53. The van der Waals surface area contributed by atoms with Crippen LogP contribution >= 0.6 is 22.7 Å². The van der Waals surface area contributed by atoms with Gasteiger partial charge in [-0.15, -0.1) is 22.7 Å². The number of carbonyl (C=O) groups is 1. The van der Waals surface area contributed by atoms with Gasteiger partial charge in [0.15, 0.2) is 0 Å². The molecule has 2 aromatic rings. The van der Waals surface area contributed by atoms with Gasteiger partial charge >= 0.3 is 0 Å². The highest BCUT2D eigenvalue weighted by Gasteiger charge is 2.11. The van der Waals surface area contributed by atoms with E-state index in [1.54, 1.807) is 11.3 Å². The number of thiophene rings is 1. The first-order valence-corrected chi connectivity index (χ1v) is 7.84. The van der Waals surface area contributed by atoms with E-state index >= 15 is 0 Å². The zero-order chi connectivity index (χ0) is 12.8. The fraction of sp³-hybridized carbons (Fsp3) is 0.385. The van der Waals surface area contributed by atoms with E-state index in [0.29, 0.717) is 5.69 Å². The quantitative estimate of drug-likeness (QED) is 0.818. The first-order valence-electron chi connectivity index (χ1n) is 6.09. The standard InChI is InChI=1S/C13H16N2OS2/c1-2-3-4-7-14-12(16)10-9-18-13(15-10)11-6-5-8-17-11/h5-6,8-9H,2-4,7H2,1H3,(H,14,16). The first-order chi connectivity index (χ1) is 8.81. The molecule has 0 unspecified atom stereocenters. The number of carbonyl (C=O) groups excluding carboxylic acids is 1. The molecule has 18 heavy (non-hydrogen) atoms.